The largest absolute Gasteiger partial charge is 0.491 e. The normalized spacial score (nSPS) is 15.2. The number of nitrogens with two attached hydrogens (primary N) is 1. The third kappa shape index (κ3) is 5.45. The molecule has 38 heavy (non-hydrogen) atoms. The average Bonchev–Trinajstić information content (AvgIpc) is 3.46. The smallest absolute Gasteiger partial charge is 0.444 e. The summed E-state index contributed by atoms with van der Waals surface area (Å²) in [5.41, 5.74) is 5.09. The van der Waals surface area contributed by atoms with Crippen LogP contribution in [-0.2, 0) is 27.4 Å². The Morgan fingerprint density at radius 3 is 2.61 bits per heavy atom. The third-order valence-corrected chi connectivity index (χ3v) is 6.58. The van der Waals surface area contributed by atoms with Crippen molar-refractivity contribution in [1.29, 1.82) is 0 Å². The first-order valence-electron chi connectivity index (χ1n) is 10.7. The van der Waals surface area contributed by atoms with Gasteiger partial charge in [-0.25, -0.2) is 14.3 Å². The van der Waals surface area contributed by atoms with E-state index in [0.29, 0.717) is 15.3 Å². The lowest BCUT2D eigenvalue weighted by atomic mass is 10.1. The number of carbonyl (C=O) groups is 2. The number of ether oxygens (including phenoxy) is 2. The average molecular weight is 559 g/mol. The Labute approximate surface area is 214 Å². The van der Waals surface area contributed by atoms with Gasteiger partial charge in [-0.05, 0) is 29.8 Å². The maximum absolute atomic E-state index is 12.9. The number of halogens is 5. The first-order valence-corrected chi connectivity index (χ1v) is 11.5. The first-order chi connectivity index (χ1) is 17.9. The van der Waals surface area contributed by atoms with Gasteiger partial charge in [0.05, 0.1) is 18.8 Å². The predicted octanol–water partition coefficient (Wildman–Crippen LogP) is 2.72. The highest BCUT2D eigenvalue weighted by Crippen LogP contribution is 2.39. The molecule has 1 unspecified atom stereocenters. The number of hydrogen-bond donors (Lipinski definition) is 1. The van der Waals surface area contributed by atoms with E-state index in [9.17, 15) is 36.3 Å². The summed E-state index contributed by atoms with van der Waals surface area (Å²) in [6, 6.07) is 8.09. The zero-order chi connectivity index (χ0) is 27.8. The summed E-state index contributed by atoms with van der Waals surface area (Å²) in [5.74, 6) is -3.54. The lowest BCUT2D eigenvalue weighted by Gasteiger charge is -2.31. The molecule has 202 valence electrons. The second-order valence-corrected chi connectivity index (χ2v) is 9.13. The van der Waals surface area contributed by atoms with Crippen LogP contribution in [0.25, 0.3) is 10.4 Å². The first kappa shape index (κ1) is 27.0. The number of anilines is 1. The Morgan fingerprint density at radius 2 is 1.95 bits per heavy atom. The summed E-state index contributed by atoms with van der Waals surface area (Å²) in [4.78, 5) is 38.4. The van der Waals surface area contributed by atoms with Crippen molar-refractivity contribution in [1.82, 2.24) is 14.3 Å². The topological polar surface area (TPSA) is 122 Å². The predicted molar refractivity (Wildman–Crippen MR) is 124 cm³/mol. The fourth-order valence-corrected chi connectivity index (χ4v) is 4.48. The Kier molecular flexibility index (Phi) is 7.37. The van der Waals surface area contributed by atoms with Crippen LogP contribution in [0.4, 0.5) is 27.6 Å². The quantitative estimate of drug-likeness (QED) is 0.349. The molecule has 0 aliphatic carbocycles. The Balaban J connectivity index is 1.52. The Bertz CT molecular complexity index is 1470. The molecule has 4 rings (SSSR count). The van der Waals surface area contributed by atoms with Gasteiger partial charge in [0.2, 0.25) is 0 Å². The lowest BCUT2D eigenvalue weighted by Crippen LogP contribution is -2.47. The van der Waals surface area contributed by atoms with Crippen LogP contribution in [0.3, 0.4) is 0 Å². The van der Waals surface area contributed by atoms with Gasteiger partial charge in [0.15, 0.2) is 0 Å². The molecule has 1 aromatic carbocycles. The molecular weight excluding hydrogens is 541 g/mol. The number of hydrogen-bond acceptors (Lipinski definition) is 8. The number of amides is 1. The van der Waals surface area contributed by atoms with E-state index in [-0.39, 0.29) is 18.0 Å². The van der Waals surface area contributed by atoms with Crippen LogP contribution >= 0.6 is 11.3 Å². The SMILES string of the molecule is CN1C(=O)C(OC(=O)C(F)(F)F)Oc2cc(-c3ccc(Cn4cnn(CC(CN)=C(F)F)c4=O)s3)ccc21. The van der Waals surface area contributed by atoms with Gasteiger partial charge in [-0.2, -0.15) is 27.1 Å². The molecule has 1 atom stereocenters. The molecular formula is C22H18F5N5O5S. The Hall–Kier alpha value is -4.05. The molecule has 2 N–H and O–H groups in total. The van der Waals surface area contributed by atoms with Gasteiger partial charge in [0.1, 0.15) is 12.1 Å². The van der Waals surface area contributed by atoms with Crippen LogP contribution in [0, 0.1) is 0 Å². The van der Waals surface area contributed by atoms with Crippen LogP contribution in [0.15, 0.2) is 53.1 Å². The number of esters is 1. The van der Waals surface area contributed by atoms with Crippen LogP contribution in [0.5, 0.6) is 5.75 Å². The molecule has 0 saturated carbocycles. The van der Waals surface area contributed by atoms with E-state index in [4.69, 9.17) is 10.5 Å². The van der Waals surface area contributed by atoms with E-state index in [0.717, 1.165) is 9.58 Å². The molecule has 0 saturated heterocycles. The highest BCUT2D eigenvalue weighted by atomic mass is 32.1. The molecule has 1 aliphatic heterocycles. The number of aromatic nitrogens is 3. The van der Waals surface area contributed by atoms with Crippen molar-refractivity contribution in [3.8, 4) is 16.2 Å². The van der Waals surface area contributed by atoms with Crippen LogP contribution < -0.4 is 21.1 Å². The van der Waals surface area contributed by atoms with Crippen LogP contribution in [-0.4, -0.2) is 52.3 Å². The molecule has 3 aromatic rings. The van der Waals surface area contributed by atoms with Crippen LogP contribution in [0.2, 0.25) is 0 Å². The maximum atomic E-state index is 12.9. The number of nitrogens with zero attached hydrogens (tertiary/aromatic N) is 4. The minimum absolute atomic E-state index is 0.0147. The molecule has 1 amide bonds. The summed E-state index contributed by atoms with van der Waals surface area (Å²) in [6.45, 7) is -0.765. The van der Waals surface area contributed by atoms with Gasteiger partial charge >= 0.3 is 30.0 Å². The van der Waals surface area contributed by atoms with Crippen molar-refractivity contribution in [3.05, 3.63) is 63.7 Å². The number of carbonyl (C=O) groups excluding carboxylic acids is 2. The Morgan fingerprint density at radius 1 is 1.21 bits per heavy atom. The second-order valence-electron chi connectivity index (χ2n) is 7.97. The number of thiophene rings is 1. The summed E-state index contributed by atoms with van der Waals surface area (Å²) in [5, 5.41) is 3.84. The molecule has 16 heteroatoms. The van der Waals surface area contributed by atoms with Crippen molar-refractivity contribution in [2.75, 3.05) is 18.5 Å². The molecule has 0 radical (unpaired) electrons. The monoisotopic (exact) mass is 559 g/mol. The maximum Gasteiger partial charge on any atom is 0.491 e. The molecule has 2 aromatic heterocycles. The minimum atomic E-state index is -5.30. The second kappa shape index (κ2) is 10.4. The van der Waals surface area contributed by atoms with Gasteiger partial charge in [0.25, 0.3) is 6.08 Å². The van der Waals surface area contributed by atoms with E-state index in [2.05, 4.69) is 9.84 Å². The molecule has 0 fully saturated rings. The molecule has 3 heterocycles. The van der Waals surface area contributed by atoms with Crippen molar-refractivity contribution in [2.24, 2.45) is 5.73 Å². The van der Waals surface area contributed by atoms with E-state index < -0.39 is 54.8 Å². The fourth-order valence-electron chi connectivity index (χ4n) is 3.48. The van der Waals surface area contributed by atoms with E-state index in [1.54, 1.807) is 18.2 Å². The number of rotatable bonds is 7. The van der Waals surface area contributed by atoms with Gasteiger partial charge in [0, 0.05) is 28.9 Å². The number of fused-ring (bicyclic) bond motifs is 1. The number of alkyl halides is 3. The standard InChI is InChI=1S/C22H18F5N5O5S/c1-30-14-4-2-11(6-15(14)36-19(18(30)33)37-20(34)22(25,26)27)16-5-3-13(38-16)9-31-10-29-32(21(31)35)8-12(7-28)17(23)24/h2-6,10,19H,7-9,28H2,1H3. The van der Waals surface area contributed by atoms with Crippen molar-refractivity contribution in [2.45, 2.75) is 25.6 Å². The van der Waals surface area contributed by atoms with Gasteiger partial charge in [-0.3, -0.25) is 9.36 Å². The highest BCUT2D eigenvalue weighted by Gasteiger charge is 2.46. The lowest BCUT2D eigenvalue weighted by molar-refractivity contribution is -0.216. The van der Waals surface area contributed by atoms with Crippen molar-refractivity contribution in [3.63, 3.8) is 0 Å². The van der Waals surface area contributed by atoms with E-state index >= 15 is 0 Å². The van der Waals surface area contributed by atoms with Gasteiger partial charge < -0.3 is 20.1 Å². The minimum Gasteiger partial charge on any atom is -0.444 e. The fraction of sp³-hybridized carbons (Fsp3) is 0.273. The zero-order valence-electron chi connectivity index (χ0n) is 19.4. The number of benzene rings is 1. The van der Waals surface area contributed by atoms with Gasteiger partial charge in [-0.15, -0.1) is 11.3 Å². The number of likely N-dealkylation sites (N-methyl/N-ethyl adjacent to an activating group) is 1. The van der Waals surface area contributed by atoms with E-state index in [1.807, 2.05) is 0 Å². The van der Waals surface area contributed by atoms with Crippen molar-refractivity contribution < 1.29 is 41.0 Å². The molecule has 0 spiro atoms. The summed E-state index contributed by atoms with van der Waals surface area (Å²) >= 11 is 1.27. The molecule has 10 nitrogen and oxygen atoms in total. The highest BCUT2D eigenvalue weighted by molar-refractivity contribution is 7.15. The molecule has 1 aliphatic rings. The summed E-state index contributed by atoms with van der Waals surface area (Å²) in [7, 11) is 1.30. The van der Waals surface area contributed by atoms with Crippen molar-refractivity contribution >= 4 is 28.9 Å². The zero-order valence-corrected chi connectivity index (χ0v) is 20.2. The third-order valence-electron chi connectivity index (χ3n) is 5.46. The van der Waals surface area contributed by atoms with Crippen LogP contribution in [0.1, 0.15) is 4.88 Å². The van der Waals surface area contributed by atoms with E-state index in [1.165, 1.54) is 41.4 Å². The summed E-state index contributed by atoms with van der Waals surface area (Å²) in [6.07, 6.45) is -8.16. The summed E-state index contributed by atoms with van der Waals surface area (Å²) < 4.78 is 75.0. The molecule has 0 bridgehead atoms. The van der Waals surface area contributed by atoms with Gasteiger partial charge in [-0.1, -0.05) is 6.07 Å².